The van der Waals surface area contributed by atoms with Crippen molar-refractivity contribution in [2.24, 2.45) is 0 Å². The highest BCUT2D eigenvalue weighted by molar-refractivity contribution is 6.30. The molecule has 2 heterocycles. The number of rotatable bonds is 8. The van der Waals surface area contributed by atoms with Gasteiger partial charge in [-0.15, -0.1) is 0 Å². The predicted molar refractivity (Wildman–Crippen MR) is 127 cm³/mol. The van der Waals surface area contributed by atoms with Crippen molar-refractivity contribution in [2.75, 3.05) is 21.3 Å². The second kappa shape index (κ2) is 10.6. The predicted octanol–water partition coefficient (Wildman–Crippen LogP) is 4.27. The largest absolute Gasteiger partial charge is 0.493 e. The molecule has 0 atom stereocenters. The van der Waals surface area contributed by atoms with Crippen molar-refractivity contribution in [1.82, 2.24) is 20.5 Å². The molecule has 4 rings (SSSR count). The number of H-pyrrole nitrogens is 1. The van der Waals surface area contributed by atoms with E-state index in [0.717, 1.165) is 31.2 Å². The van der Waals surface area contributed by atoms with E-state index in [4.69, 9.17) is 30.5 Å². The fourth-order valence-corrected chi connectivity index (χ4v) is 4.12. The van der Waals surface area contributed by atoms with Gasteiger partial charge in [0.25, 0.3) is 5.91 Å². The number of nitrogens with zero attached hydrogens (tertiary/aromatic N) is 2. The van der Waals surface area contributed by atoms with E-state index in [-0.39, 0.29) is 18.1 Å². The number of halogens is 1. The molecule has 180 valence electrons. The summed E-state index contributed by atoms with van der Waals surface area (Å²) < 4.78 is 22.1. The number of carbonyl (C=O) groups excluding carboxylic acids is 1. The van der Waals surface area contributed by atoms with E-state index in [2.05, 4.69) is 20.5 Å². The van der Waals surface area contributed by atoms with Gasteiger partial charge >= 0.3 is 0 Å². The van der Waals surface area contributed by atoms with Crippen molar-refractivity contribution in [3.05, 3.63) is 47.2 Å². The summed E-state index contributed by atoms with van der Waals surface area (Å²) in [4.78, 5) is 17.0. The Hall–Kier alpha value is -3.46. The summed E-state index contributed by atoms with van der Waals surface area (Å²) >= 11 is 5.87. The lowest BCUT2D eigenvalue weighted by Gasteiger charge is -2.29. The normalized spacial score (nSPS) is 17.6. The van der Waals surface area contributed by atoms with Crippen LogP contribution < -0.4 is 24.3 Å². The maximum Gasteiger partial charge on any atom is 0.269 e. The maximum absolute atomic E-state index is 12.8. The van der Waals surface area contributed by atoms with Crippen LogP contribution in [0.5, 0.6) is 23.1 Å². The van der Waals surface area contributed by atoms with Crippen LogP contribution >= 0.6 is 11.6 Å². The molecule has 34 heavy (non-hydrogen) atoms. The Kier molecular flexibility index (Phi) is 7.42. The van der Waals surface area contributed by atoms with Gasteiger partial charge in [-0.05, 0) is 49.9 Å². The number of benzene rings is 1. The van der Waals surface area contributed by atoms with Crippen LogP contribution in [0.15, 0.2) is 36.5 Å². The minimum absolute atomic E-state index is 0.0680. The van der Waals surface area contributed by atoms with Gasteiger partial charge in [0.05, 0.1) is 32.0 Å². The van der Waals surface area contributed by atoms with E-state index >= 15 is 0 Å². The molecule has 0 saturated heterocycles. The van der Waals surface area contributed by atoms with Crippen molar-refractivity contribution in [2.45, 2.75) is 37.8 Å². The van der Waals surface area contributed by atoms with Crippen LogP contribution in [-0.2, 0) is 0 Å². The van der Waals surface area contributed by atoms with Crippen LogP contribution in [0.3, 0.4) is 0 Å². The fraction of sp³-hybridized carbons (Fsp3) is 0.375. The number of amides is 1. The second-order valence-corrected chi connectivity index (χ2v) is 8.40. The highest BCUT2D eigenvalue weighted by Crippen LogP contribution is 2.40. The molecule has 0 radical (unpaired) electrons. The Balaban J connectivity index is 1.36. The van der Waals surface area contributed by atoms with Crippen molar-refractivity contribution >= 4 is 17.5 Å². The molecule has 3 aromatic rings. The second-order valence-electron chi connectivity index (χ2n) is 7.96. The summed E-state index contributed by atoms with van der Waals surface area (Å²) in [7, 11) is 4.65. The number of carbonyl (C=O) groups is 1. The molecule has 0 bridgehead atoms. The lowest BCUT2D eigenvalue weighted by atomic mass is 9.93. The zero-order chi connectivity index (χ0) is 24.1. The first-order valence-corrected chi connectivity index (χ1v) is 11.3. The number of pyridine rings is 1. The Morgan fingerprint density at radius 2 is 1.74 bits per heavy atom. The molecule has 1 aliphatic carbocycles. The fourth-order valence-electron chi connectivity index (χ4n) is 4.01. The number of aromatic nitrogens is 3. The summed E-state index contributed by atoms with van der Waals surface area (Å²) in [5.41, 5.74) is 1.71. The summed E-state index contributed by atoms with van der Waals surface area (Å²) in [6, 6.07) is 8.87. The summed E-state index contributed by atoms with van der Waals surface area (Å²) in [6.07, 6.45) is 4.93. The smallest absolute Gasteiger partial charge is 0.269 e. The Morgan fingerprint density at radius 3 is 2.32 bits per heavy atom. The van der Waals surface area contributed by atoms with E-state index in [1.165, 1.54) is 0 Å². The Labute approximate surface area is 202 Å². The van der Waals surface area contributed by atoms with Crippen LogP contribution in [-0.4, -0.2) is 54.6 Å². The highest BCUT2D eigenvalue weighted by atomic mass is 35.5. The molecular weight excluding hydrogens is 460 g/mol. The van der Waals surface area contributed by atoms with E-state index in [1.54, 1.807) is 57.9 Å². The molecule has 2 aromatic heterocycles. The maximum atomic E-state index is 12.8. The van der Waals surface area contributed by atoms with Gasteiger partial charge in [-0.2, -0.15) is 5.10 Å². The van der Waals surface area contributed by atoms with Crippen LogP contribution in [0.2, 0.25) is 5.02 Å². The van der Waals surface area contributed by atoms with Gasteiger partial charge in [0.15, 0.2) is 11.5 Å². The third-order valence-electron chi connectivity index (χ3n) is 5.78. The molecule has 0 spiro atoms. The number of methoxy groups -OCH3 is 3. The quantitative estimate of drug-likeness (QED) is 0.489. The zero-order valence-electron chi connectivity index (χ0n) is 19.3. The van der Waals surface area contributed by atoms with Crippen molar-refractivity contribution in [3.63, 3.8) is 0 Å². The van der Waals surface area contributed by atoms with Gasteiger partial charge in [-0.1, -0.05) is 11.6 Å². The molecular formula is C24H27ClN4O5. The minimum Gasteiger partial charge on any atom is -0.493 e. The number of ether oxygens (including phenoxy) is 4. The topological polar surface area (TPSA) is 108 Å². The van der Waals surface area contributed by atoms with Crippen LogP contribution in [0, 0.1) is 0 Å². The molecule has 1 aromatic carbocycles. The number of hydrogen-bond acceptors (Lipinski definition) is 7. The van der Waals surface area contributed by atoms with Gasteiger partial charge in [0, 0.05) is 23.9 Å². The SMILES string of the molecule is COc1cc(-c2cc(C(=O)NC3CCC(Oc4ccc(Cl)cn4)CC3)[nH]n2)cc(OC)c1OC. The number of nitrogens with one attached hydrogen (secondary N) is 2. The molecule has 2 N–H and O–H groups in total. The third kappa shape index (κ3) is 5.36. The first kappa shape index (κ1) is 23.7. The molecule has 1 aliphatic rings. The zero-order valence-corrected chi connectivity index (χ0v) is 20.0. The Bertz CT molecular complexity index is 1100. The summed E-state index contributed by atoms with van der Waals surface area (Å²) in [5, 5.41) is 10.8. The highest BCUT2D eigenvalue weighted by Gasteiger charge is 2.25. The monoisotopic (exact) mass is 486 g/mol. The Morgan fingerprint density at radius 1 is 1.03 bits per heavy atom. The van der Waals surface area contributed by atoms with E-state index < -0.39 is 0 Å². The molecule has 1 amide bonds. The lowest BCUT2D eigenvalue weighted by molar-refractivity contribution is 0.0885. The molecule has 1 saturated carbocycles. The average molecular weight is 487 g/mol. The van der Waals surface area contributed by atoms with Crippen molar-refractivity contribution in [1.29, 1.82) is 0 Å². The first-order chi connectivity index (χ1) is 16.5. The van der Waals surface area contributed by atoms with Gasteiger partial charge in [-0.3, -0.25) is 9.89 Å². The minimum atomic E-state index is -0.199. The van der Waals surface area contributed by atoms with Gasteiger partial charge in [0.2, 0.25) is 11.6 Å². The van der Waals surface area contributed by atoms with Gasteiger partial charge in [-0.25, -0.2) is 4.98 Å². The molecule has 10 heteroatoms. The lowest BCUT2D eigenvalue weighted by Crippen LogP contribution is -2.39. The summed E-state index contributed by atoms with van der Waals surface area (Å²) in [6.45, 7) is 0. The molecule has 9 nitrogen and oxygen atoms in total. The van der Waals surface area contributed by atoms with Crippen molar-refractivity contribution < 1.29 is 23.7 Å². The first-order valence-electron chi connectivity index (χ1n) is 11.0. The van der Waals surface area contributed by atoms with Crippen LogP contribution in [0.25, 0.3) is 11.3 Å². The van der Waals surface area contributed by atoms with Crippen LogP contribution in [0.4, 0.5) is 0 Å². The van der Waals surface area contributed by atoms with E-state index in [0.29, 0.717) is 39.5 Å². The molecule has 0 aliphatic heterocycles. The van der Waals surface area contributed by atoms with Gasteiger partial charge in [0.1, 0.15) is 11.8 Å². The molecule has 0 unspecified atom stereocenters. The summed E-state index contributed by atoms with van der Waals surface area (Å²) in [5.74, 6) is 1.88. The van der Waals surface area contributed by atoms with E-state index in [9.17, 15) is 4.79 Å². The van der Waals surface area contributed by atoms with Gasteiger partial charge < -0.3 is 24.3 Å². The number of aromatic amines is 1. The standard InChI is InChI=1S/C24H27ClN4O5/c1-31-20-10-14(11-21(32-2)23(20)33-3)18-12-19(29-28-18)24(30)27-16-5-7-17(8-6-16)34-22-9-4-15(25)13-26-22/h4,9-13,16-17H,5-8H2,1-3H3,(H,27,30)(H,28,29). The third-order valence-corrected chi connectivity index (χ3v) is 6.00. The average Bonchev–Trinajstić information content (AvgIpc) is 3.36. The number of hydrogen-bond donors (Lipinski definition) is 2. The van der Waals surface area contributed by atoms with E-state index in [1.807, 2.05) is 0 Å². The van der Waals surface area contributed by atoms with Crippen LogP contribution in [0.1, 0.15) is 36.2 Å². The molecule has 1 fully saturated rings. The van der Waals surface area contributed by atoms with Crippen molar-refractivity contribution in [3.8, 4) is 34.4 Å².